The molecule has 0 radical (unpaired) electrons. The summed E-state index contributed by atoms with van der Waals surface area (Å²) in [5.41, 5.74) is -3.26. The molecule has 2 N–H and O–H groups in total. The number of benzene rings is 2. The zero-order chi connectivity index (χ0) is 25.1. The average Bonchev–Trinajstić information content (AvgIpc) is 2.75. The largest absolute Gasteiger partial charge is 0.487 e. The number of fused-ring (bicyclic) bond motifs is 3. The second kappa shape index (κ2) is 8.33. The molecule has 1 heterocycles. The monoisotopic (exact) mass is 543 g/mol. The Balaban J connectivity index is 1.93. The van der Waals surface area contributed by atoms with Crippen LogP contribution in [-0.4, -0.2) is 45.9 Å². The lowest BCUT2D eigenvalue weighted by Gasteiger charge is -2.54. The van der Waals surface area contributed by atoms with Crippen LogP contribution in [0.5, 0.6) is 5.75 Å². The van der Waals surface area contributed by atoms with E-state index in [2.05, 4.69) is 0 Å². The molecule has 14 heteroatoms. The molecule has 34 heavy (non-hydrogen) atoms. The van der Waals surface area contributed by atoms with Gasteiger partial charge in [-0.15, -0.1) is 0 Å². The van der Waals surface area contributed by atoms with Gasteiger partial charge in [0, 0.05) is 11.1 Å². The van der Waals surface area contributed by atoms with Gasteiger partial charge in [0.1, 0.15) is 22.8 Å². The standard InChI is InChI=1S/C20H18ClF4NO6S2/c21-11-1-3-13(4-2-11)33(28,29)20-8-7-12(26-34(30,31)18(24)25)9-19(20,27)10-32-17-15(23)6-5-14(22)16(17)20/h1-6,12,18,26-27H,7-10H2/t12-,19+,20-/m1/s1. The number of aliphatic hydroxyl groups is 1. The van der Waals surface area contributed by atoms with Gasteiger partial charge in [0.15, 0.2) is 21.4 Å². The molecule has 0 bridgehead atoms. The van der Waals surface area contributed by atoms with Crippen LogP contribution >= 0.6 is 11.6 Å². The van der Waals surface area contributed by atoms with Crippen LogP contribution in [0.1, 0.15) is 24.8 Å². The molecule has 3 atom stereocenters. The van der Waals surface area contributed by atoms with Crippen LogP contribution in [0.25, 0.3) is 0 Å². The molecular formula is C20H18ClF4NO6S2. The van der Waals surface area contributed by atoms with Crippen molar-refractivity contribution < 1.29 is 44.2 Å². The number of halogens is 5. The van der Waals surface area contributed by atoms with Gasteiger partial charge in [0.25, 0.3) is 10.0 Å². The number of sulfonamides is 1. The Hall–Kier alpha value is -1.93. The van der Waals surface area contributed by atoms with E-state index in [-0.39, 0.29) is 16.3 Å². The van der Waals surface area contributed by atoms with E-state index in [1.165, 1.54) is 12.1 Å². The summed E-state index contributed by atoms with van der Waals surface area (Å²) in [7, 11) is -9.80. The summed E-state index contributed by atoms with van der Waals surface area (Å²) in [5.74, 6) is -6.70. The Labute approximate surface area is 197 Å². The molecule has 0 amide bonds. The van der Waals surface area contributed by atoms with Crippen LogP contribution in [-0.2, 0) is 24.6 Å². The van der Waals surface area contributed by atoms with Crippen molar-refractivity contribution in [1.82, 2.24) is 4.72 Å². The van der Waals surface area contributed by atoms with Gasteiger partial charge in [0.2, 0.25) is 0 Å². The van der Waals surface area contributed by atoms with Crippen molar-refractivity contribution in [2.24, 2.45) is 0 Å². The van der Waals surface area contributed by atoms with Crippen LogP contribution in [0.2, 0.25) is 5.02 Å². The molecule has 2 aromatic rings. The van der Waals surface area contributed by atoms with Crippen molar-refractivity contribution >= 4 is 31.5 Å². The Bertz CT molecular complexity index is 1340. The summed E-state index contributed by atoms with van der Waals surface area (Å²) in [6.07, 6.45) is -1.72. The highest BCUT2D eigenvalue weighted by atomic mass is 35.5. The van der Waals surface area contributed by atoms with Crippen LogP contribution < -0.4 is 9.46 Å². The van der Waals surface area contributed by atoms with Gasteiger partial charge in [0.05, 0.1) is 10.5 Å². The Kier molecular flexibility index (Phi) is 6.17. The maximum absolute atomic E-state index is 15.2. The Morgan fingerprint density at radius 1 is 1.06 bits per heavy atom. The molecule has 1 saturated carbocycles. The number of hydrogen-bond donors (Lipinski definition) is 2. The minimum Gasteiger partial charge on any atom is -0.487 e. The van der Waals surface area contributed by atoms with E-state index in [1.807, 2.05) is 0 Å². The quantitative estimate of drug-likeness (QED) is 0.561. The first-order chi connectivity index (χ1) is 15.7. The third-order valence-electron chi connectivity index (χ3n) is 6.25. The summed E-state index contributed by atoms with van der Waals surface area (Å²) in [6.45, 7) is -0.861. The van der Waals surface area contributed by atoms with E-state index >= 15 is 4.39 Å². The topological polar surface area (TPSA) is 110 Å². The van der Waals surface area contributed by atoms with Gasteiger partial charge in [-0.25, -0.2) is 30.3 Å². The van der Waals surface area contributed by atoms with E-state index in [1.54, 1.807) is 4.72 Å². The highest BCUT2D eigenvalue weighted by Crippen LogP contribution is 2.58. The minimum atomic E-state index is -5.08. The molecule has 2 aliphatic rings. The van der Waals surface area contributed by atoms with Crippen molar-refractivity contribution in [3.05, 3.63) is 58.6 Å². The van der Waals surface area contributed by atoms with Crippen molar-refractivity contribution in [3.63, 3.8) is 0 Å². The third-order valence-corrected chi connectivity index (χ3v) is 10.2. The van der Waals surface area contributed by atoms with Crippen molar-refractivity contribution in [2.75, 3.05) is 6.61 Å². The molecule has 0 saturated heterocycles. The van der Waals surface area contributed by atoms with Gasteiger partial charge in [-0.1, -0.05) is 11.6 Å². The minimum absolute atomic E-state index is 0.196. The van der Waals surface area contributed by atoms with Crippen LogP contribution in [0, 0.1) is 11.6 Å². The first-order valence-corrected chi connectivity index (χ1v) is 13.3. The molecule has 2 aromatic carbocycles. The number of ether oxygens (including phenoxy) is 1. The number of rotatable bonds is 5. The second-order valence-electron chi connectivity index (χ2n) is 8.20. The molecule has 1 aliphatic carbocycles. The fourth-order valence-corrected chi connectivity index (χ4v) is 8.06. The number of hydrogen-bond acceptors (Lipinski definition) is 6. The van der Waals surface area contributed by atoms with Crippen molar-refractivity contribution in [3.8, 4) is 5.75 Å². The summed E-state index contributed by atoms with van der Waals surface area (Å²) in [6, 6.07) is 4.88. The van der Waals surface area contributed by atoms with E-state index in [4.69, 9.17) is 16.3 Å². The van der Waals surface area contributed by atoms with Crippen molar-refractivity contribution in [2.45, 2.75) is 46.3 Å². The number of alkyl halides is 2. The fraction of sp³-hybridized carbons (Fsp3) is 0.400. The maximum Gasteiger partial charge on any atom is 0.350 e. The highest BCUT2D eigenvalue weighted by Gasteiger charge is 2.67. The van der Waals surface area contributed by atoms with Crippen LogP contribution in [0.4, 0.5) is 17.6 Å². The lowest BCUT2D eigenvalue weighted by Crippen LogP contribution is -2.67. The average molecular weight is 544 g/mol. The number of sulfone groups is 1. The van der Waals surface area contributed by atoms with E-state index < -0.39 is 84.4 Å². The predicted molar refractivity (Wildman–Crippen MR) is 113 cm³/mol. The lowest BCUT2D eigenvalue weighted by atomic mass is 9.68. The molecule has 7 nitrogen and oxygen atoms in total. The van der Waals surface area contributed by atoms with Gasteiger partial charge < -0.3 is 9.84 Å². The van der Waals surface area contributed by atoms with Crippen molar-refractivity contribution in [1.29, 1.82) is 0 Å². The third kappa shape index (κ3) is 3.68. The predicted octanol–water partition coefficient (Wildman–Crippen LogP) is 3.11. The van der Waals surface area contributed by atoms with Gasteiger partial charge in [-0.2, -0.15) is 8.78 Å². The second-order valence-corrected chi connectivity index (χ2v) is 12.5. The maximum atomic E-state index is 15.2. The fourth-order valence-electron chi connectivity index (χ4n) is 4.78. The molecule has 0 spiro atoms. The zero-order valence-electron chi connectivity index (χ0n) is 17.1. The molecule has 0 aromatic heterocycles. The first-order valence-electron chi connectivity index (χ1n) is 9.88. The summed E-state index contributed by atoms with van der Waals surface area (Å²) < 4.78 is 111. The summed E-state index contributed by atoms with van der Waals surface area (Å²) in [4.78, 5) is -0.363. The summed E-state index contributed by atoms with van der Waals surface area (Å²) in [5, 5.41) is 11.8. The van der Waals surface area contributed by atoms with Gasteiger partial charge in [-0.05, 0) is 55.7 Å². The van der Waals surface area contributed by atoms with Crippen LogP contribution in [0.15, 0.2) is 41.3 Å². The van der Waals surface area contributed by atoms with Gasteiger partial charge in [-0.3, -0.25) is 0 Å². The molecule has 186 valence electrons. The smallest absolute Gasteiger partial charge is 0.350 e. The molecular weight excluding hydrogens is 526 g/mol. The molecule has 1 fully saturated rings. The zero-order valence-corrected chi connectivity index (χ0v) is 19.5. The lowest BCUT2D eigenvalue weighted by molar-refractivity contribution is -0.0889. The van der Waals surface area contributed by atoms with E-state index in [0.29, 0.717) is 6.07 Å². The first kappa shape index (κ1) is 25.2. The van der Waals surface area contributed by atoms with Crippen LogP contribution in [0.3, 0.4) is 0 Å². The Morgan fingerprint density at radius 3 is 2.29 bits per heavy atom. The summed E-state index contributed by atoms with van der Waals surface area (Å²) >= 11 is 5.84. The SMILES string of the molecule is O=S(=O)(N[C@@H]1CC[C@@]2(S(=O)(=O)c3ccc(Cl)cc3)c3c(F)ccc(F)c3OC[C@@]2(O)C1)C(F)F. The van der Waals surface area contributed by atoms with Gasteiger partial charge >= 0.3 is 5.76 Å². The number of nitrogens with one attached hydrogen (secondary N) is 1. The normalized spacial score (nSPS) is 27.1. The van der Waals surface area contributed by atoms with E-state index in [9.17, 15) is 35.1 Å². The van der Waals surface area contributed by atoms with E-state index in [0.717, 1.165) is 18.2 Å². The molecule has 1 aliphatic heterocycles. The molecule has 0 unspecified atom stereocenters. The Morgan fingerprint density at radius 2 is 1.68 bits per heavy atom. The molecule has 4 rings (SSSR count). The highest BCUT2D eigenvalue weighted by molar-refractivity contribution is 7.92.